The molecule has 0 amide bonds. The highest BCUT2D eigenvalue weighted by Crippen LogP contribution is 2.39. The van der Waals surface area contributed by atoms with E-state index in [1.54, 1.807) is 0 Å². The van der Waals surface area contributed by atoms with Crippen LogP contribution in [0.4, 0.5) is 0 Å². The second-order valence-corrected chi connectivity index (χ2v) is 4.38. The summed E-state index contributed by atoms with van der Waals surface area (Å²) in [7, 11) is 2.13. The van der Waals surface area contributed by atoms with Crippen molar-refractivity contribution in [3.63, 3.8) is 0 Å². The molecule has 0 aromatic rings. The Hall–Kier alpha value is -0.0400. The monoisotopic (exact) mass is 169 g/mol. The van der Waals surface area contributed by atoms with Crippen molar-refractivity contribution in [1.29, 1.82) is 0 Å². The molecule has 1 aliphatic rings. The Kier molecular flexibility index (Phi) is 3.16. The summed E-state index contributed by atoms with van der Waals surface area (Å²) in [6.45, 7) is 7.11. The van der Waals surface area contributed by atoms with Gasteiger partial charge < -0.3 is 5.32 Å². The molecule has 1 N–H and O–H groups in total. The quantitative estimate of drug-likeness (QED) is 0.670. The molecule has 0 spiro atoms. The average molecular weight is 169 g/mol. The van der Waals surface area contributed by atoms with Crippen LogP contribution in [-0.2, 0) is 0 Å². The predicted octanol–water partition coefficient (Wildman–Crippen LogP) is 2.81. The standard InChI is InChI=1S/C11H23N/c1-5-11(12-4)9(2)7-6-8-10(11)3/h9-10,12H,5-8H2,1-4H3. The highest BCUT2D eigenvalue weighted by atomic mass is 15.0. The molecule has 0 radical (unpaired) electrons. The topological polar surface area (TPSA) is 12.0 Å². The van der Waals surface area contributed by atoms with Crippen LogP contribution >= 0.6 is 0 Å². The number of nitrogens with one attached hydrogen (secondary N) is 1. The van der Waals surface area contributed by atoms with E-state index in [-0.39, 0.29) is 0 Å². The van der Waals surface area contributed by atoms with Gasteiger partial charge in [0.25, 0.3) is 0 Å². The first-order valence-electron chi connectivity index (χ1n) is 5.36. The Morgan fingerprint density at radius 1 is 1.25 bits per heavy atom. The fourth-order valence-corrected chi connectivity index (χ4v) is 3.10. The molecule has 0 aromatic carbocycles. The van der Waals surface area contributed by atoms with Crippen molar-refractivity contribution in [2.45, 2.75) is 52.0 Å². The molecule has 1 aliphatic carbocycles. The first-order chi connectivity index (χ1) is 5.67. The molecule has 1 saturated carbocycles. The lowest BCUT2D eigenvalue weighted by atomic mass is 9.66. The third-order valence-corrected chi connectivity index (χ3v) is 4.08. The lowest BCUT2D eigenvalue weighted by molar-refractivity contribution is 0.0950. The minimum atomic E-state index is 0.429. The van der Waals surface area contributed by atoms with Crippen molar-refractivity contribution in [2.75, 3.05) is 7.05 Å². The number of rotatable bonds is 2. The van der Waals surface area contributed by atoms with Crippen LogP contribution in [0.2, 0.25) is 0 Å². The summed E-state index contributed by atoms with van der Waals surface area (Å²) in [6.07, 6.45) is 5.50. The predicted molar refractivity (Wildman–Crippen MR) is 54.3 cm³/mol. The Labute approximate surface area is 76.9 Å². The Morgan fingerprint density at radius 2 is 1.75 bits per heavy atom. The summed E-state index contributed by atoms with van der Waals surface area (Å²) in [5, 5.41) is 3.57. The Morgan fingerprint density at radius 3 is 2.00 bits per heavy atom. The molecule has 2 atom stereocenters. The van der Waals surface area contributed by atoms with Gasteiger partial charge in [-0.1, -0.05) is 27.2 Å². The van der Waals surface area contributed by atoms with E-state index in [1.807, 2.05) is 0 Å². The lowest BCUT2D eigenvalue weighted by Crippen LogP contribution is -2.55. The van der Waals surface area contributed by atoms with Crippen molar-refractivity contribution in [3.8, 4) is 0 Å². The molecule has 0 aromatic heterocycles. The molecule has 0 saturated heterocycles. The number of hydrogen-bond donors (Lipinski definition) is 1. The van der Waals surface area contributed by atoms with Gasteiger partial charge in [-0.05, 0) is 38.1 Å². The van der Waals surface area contributed by atoms with Crippen LogP contribution in [0.25, 0.3) is 0 Å². The smallest absolute Gasteiger partial charge is 0.0226 e. The van der Waals surface area contributed by atoms with Crippen LogP contribution in [0.5, 0.6) is 0 Å². The highest BCUT2D eigenvalue weighted by molar-refractivity contribution is 4.97. The zero-order chi connectivity index (χ0) is 9.19. The van der Waals surface area contributed by atoms with Crippen molar-refractivity contribution in [3.05, 3.63) is 0 Å². The van der Waals surface area contributed by atoms with E-state index in [9.17, 15) is 0 Å². The van der Waals surface area contributed by atoms with Gasteiger partial charge in [0.1, 0.15) is 0 Å². The maximum absolute atomic E-state index is 3.57. The molecule has 0 bridgehead atoms. The van der Waals surface area contributed by atoms with Crippen LogP contribution in [-0.4, -0.2) is 12.6 Å². The first kappa shape index (κ1) is 10.0. The van der Waals surface area contributed by atoms with Crippen LogP contribution in [0.1, 0.15) is 46.5 Å². The fourth-order valence-electron chi connectivity index (χ4n) is 3.10. The Balaban J connectivity index is 2.77. The van der Waals surface area contributed by atoms with Crippen LogP contribution in [0.3, 0.4) is 0 Å². The minimum absolute atomic E-state index is 0.429. The molecule has 2 unspecified atom stereocenters. The van der Waals surface area contributed by atoms with Gasteiger partial charge in [0.05, 0.1) is 0 Å². The van der Waals surface area contributed by atoms with E-state index in [1.165, 1.54) is 25.7 Å². The van der Waals surface area contributed by atoms with Gasteiger partial charge in [0, 0.05) is 5.54 Å². The fraction of sp³-hybridized carbons (Fsp3) is 1.00. The number of hydrogen-bond acceptors (Lipinski definition) is 1. The SMILES string of the molecule is CCC1(NC)C(C)CCCC1C. The van der Waals surface area contributed by atoms with E-state index >= 15 is 0 Å². The molecule has 1 heteroatoms. The van der Waals surface area contributed by atoms with Crippen molar-refractivity contribution < 1.29 is 0 Å². The molecule has 12 heavy (non-hydrogen) atoms. The van der Waals surface area contributed by atoms with Crippen molar-refractivity contribution in [1.82, 2.24) is 5.32 Å². The molecule has 72 valence electrons. The van der Waals surface area contributed by atoms with E-state index in [4.69, 9.17) is 0 Å². The van der Waals surface area contributed by atoms with Crippen molar-refractivity contribution >= 4 is 0 Å². The molecular weight excluding hydrogens is 146 g/mol. The van der Waals surface area contributed by atoms with E-state index in [2.05, 4.69) is 33.1 Å². The van der Waals surface area contributed by atoms with E-state index in [0.29, 0.717) is 5.54 Å². The van der Waals surface area contributed by atoms with Gasteiger partial charge in [-0.3, -0.25) is 0 Å². The summed E-state index contributed by atoms with van der Waals surface area (Å²) in [5.41, 5.74) is 0.429. The van der Waals surface area contributed by atoms with Crippen molar-refractivity contribution in [2.24, 2.45) is 11.8 Å². The van der Waals surface area contributed by atoms with Gasteiger partial charge in [-0.2, -0.15) is 0 Å². The highest BCUT2D eigenvalue weighted by Gasteiger charge is 2.40. The van der Waals surface area contributed by atoms with Gasteiger partial charge >= 0.3 is 0 Å². The largest absolute Gasteiger partial charge is 0.314 e. The molecule has 0 aliphatic heterocycles. The molecule has 1 nitrogen and oxygen atoms in total. The molecule has 0 heterocycles. The van der Waals surface area contributed by atoms with Gasteiger partial charge in [-0.25, -0.2) is 0 Å². The zero-order valence-corrected chi connectivity index (χ0v) is 8.98. The first-order valence-corrected chi connectivity index (χ1v) is 5.36. The average Bonchev–Trinajstić information content (AvgIpc) is 2.06. The second kappa shape index (κ2) is 3.78. The van der Waals surface area contributed by atoms with Gasteiger partial charge in [0.2, 0.25) is 0 Å². The molecule has 1 rings (SSSR count). The van der Waals surface area contributed by atoms with Crippen LogP contribution < -0.4 is 5.32 Å². The zero-order valence-electron chi connectivity index (χ0n) is 8.98. The maximum atomic E-state index is 3.57. The van der Waals surface area contributed by atoms with E-state index < -0.39 is 0 Å². The summed E-state index contributed by atoms with van der Waals surface area (Å²) in [5.74, 6) is 1.69. The third kappa shape index (κ3) is 1.39. The Bertz CT molecular complexity index is 126. The molecule has 1 fully saturated rings. The van der Waals surface area contributed by atoms with Crippen LogP contribution in [0, 0.1) is 11.8 Å². The van der Waals surface area contributed by atoms with E-state index in [0.717, 1.165) is 11.8 Å². The minimum Gasteiger partial charge on any atom is -0.314 e. The van der Waals surface area contributed by atoms with Gasteiger partial charge in [0.15, 0.2) is 0 Å². The summed E-state index contributed by atoms with van der Waals surface area (Å²) in [4.78, 5) is 0. The van der Waals surface area contributed by atoms with Gasteiger partial charge in [-0.15, -0.1) is 0 Å². The molecular formula is C11H23N. The maximum Gasteiger partial charge on any atom is 0.0226 e. The lowest BCUT2D eigenvalue weighted by Gasteiger charge is -2.47. The van der Waals surface area contributed by atoms with Crippen LogP contribution in [0.15, 0.2) is 0 Å². The third-order valence-electron chi connectivity index (χ3n) is 4.08. The summed E-state index contributed by atoms with van der Waals surface area (Å²) in [6, 6.07) is 0. The summed E-state index contributed by atoms with van der Waals surface area (Å²) < 4.78 is 0. The second-order valence-electron chi connectivity index (χ2n) is 4.38. The summed E-state index contributed by atoms with van der Waals surface area (Å²) >= 11 is 0. The normalized spacial score (nSPS) is 43.0.